The number of aliphatic hydroxyl groups excluding tert-OH is 1. The van der Waals surface area contributed by atoms with Crippen LogP contribution in [0.4, 0.5) is 10.5 Å². The van der Waals surface area contributed by atoms with Crippen molar-refractivity contribution in [2.75, 3.05) is 18.5 Å². The van der Waals surface area contributed by atoms with E-state index in [-0.39, 0.29) is 13.2 Å². The summed E-state index contributed by atoms with van der Waals surface area (Å²) in [5.74, 6) is 0. The molecule has 0 bridgehead atoms. The maximum atomic E-state index is 11.0. The summed E-state index contributed by atoms with van der Waals surface area (Å²) in [5.41, 5.74) is 0.484. The molecule has 1 rings (SSSR count). The Morgan fingerprint density at radius 3 is 3.00 bits per heavy atom. The Morgan fingerprint density at radius 1 is 1.64 bits per heavy atom. The van der Waals surface area contributed by atoms with Gasteiger partial charge in [-0.1, -0.05) is 11.6 Å². The molecule has 14 heavy (non-hydrogen) atoms. The first kappa shape index (κ1) is 10.7. The van der Waals surface area contributed by atoms with Gasteiger partial charge >= 0.3 is 6.09 Å². The largest absolute Gasteiger partial charge is 0.447 e. The second-order valence-corrected chi connectivity index (χ2v) is 2.74. The van der Waals surface area contributed by atoms with Crippen LogP contribution in [-0.2, 0) is 4.74 Å². The average molecular weight is 217 g/mol. The lowest BCUT2D eigenvalue weighted by Crippen LogP contribution is -2.15. The molecule has 5 nitrogen and oxygen atoms in total. The molecular weight excluding hydrogens is 208 g/mol. The van der Waals surface area contributed by atoms with Crippen LogP contribution in [0, 0.1) is 0 Å². The van der Waals surface area contributed by atoms with Gasteiger partial charge in [0, 0.05) is 0 Å². The molecule has 0 aromatic carbocycles. The van der Waals surface area contributed by atoms with Crippen molar-refractivity contribution in [3.8, 4) is 0 Å². The predicted molar refractivity (Wildman–Crippen MR) is 51.3 cm³/mol. The summed E-state index contributed by atoms with van der Waals surface area (Å²) < 4.78 is 4.56. The fraction of sp³-hybridized carbons (Fsp3) is 0.250. The summed E-state index contributed by atoms with van der Waals surface area (Å²) in [7, 11) is 0. The third-order valence-electron chi connectivity index (χ3n) is 1.30. The Labute approximate surface area is 85.7 Å². The maximum absolute atomic E-state index is 11.0. The van der Waals surface area contributed by atoms with Gasteiger partial charge in [0.15, 0.2) is 0 Å². The van der Waals surface area contributed by atoms with Gasteiger partial charge < -0.3 is 9.84 Å². The number of aromatic nitrogens is 1. The standard InChI is InChI=1S/C8H9ClN2O3/c9-7-2-1-6(5-10-7)11-8(13)14-4-3-12/h1-2,5,12H,3-4H2,(H,11,13). The van der Waals surface area contributed by atoms with Crippen molar-refractivity contribution in [1.29, 1.82) is 0 Å². The predicted octanol–water partition coefficient (Wildman–Crippen LogP) is 1.28. The topological polar surface area (TPSA) is 71.5 Å². The molecule has 76 valence electrons. The second kappa shape index (κ2) is 5.41. The summed E-state index contributed by atoms with van der Waals surface area (Å²) in [6.45, 7) is -0.237. The van der Waals surface area contributed by atoms with E-state index >= 15 is 0 Å². The summed E-state index contributed by atoms with van der Waals surface area (Å²) in [4.78, 5) is 14.7. The minimum Gasteiger partial charge on any atom is -0.447 e. The molecule has 0 fully saturated rings. The molecule has 0 spiro atoms. The highest BCUT2D eigenvalue weighted by Crippen LogP contribution is 2.09. The van der Waals surface area contributed by atoms with Gasteiger partial charge in [0.05, 0.1) is 18.5 Å². The van der Waals surface area contributed by atoms with Crippen molar-refractivity contribution in [3.05, 3.63) is 23.5 Å². The third kappa shape index (κ3) is 3.59. The molecule has 1 aromatic rings. The van der Waals surface area contributed by atoms with Crippen molar-refractivity contribution >= 4 is 23.4 Å². The lowest BCUT2D eigenvalue weighted by molar-refractivity contribution is 0.131. The van der Waals surface area contributed by atoms with Crippen LogP contribution in [0.3, 0.4) is 0 Å². The summed E-state index contributed by atoms with van der Waals surface area (Å²) in [5, 5.41) is 11.1. The summed E-state index contributed by atoms with van der Waals surface area (Å²) >= 11 is 5.54. The van der Waals surface area contributed by atoms with Gasteiger partial charge in [0.2, 0.25) is 0 Å². The molecule has 0 unspecified atom stereocenters. The van der Waals surface area contributed by atoms with Crippen LogP contribution in [0.1, 0.15) is 0 Å². The second-order valence-electron chi connectivity index (χ2n) is 2.35. The number of nitrogens with zero attached hydrogens (tertiary/aromatic N) is 1. The molecule has 1 heterocycles. The molecule has 0 atom stereocenters. The molecular formula is C8H9ClN2O3. The van der Waals surface area contributed by atoms with Crippen LogP contribution < -0.4 is 5.32 Å². The van der Waals surface area contributed by atoms with Crippen molar-refractivity contribution in [1.82, 2.24) is 4.98 Å². The molecule has 0 radical (unpaired) electrons. The fourth-order valence-electron chi connectivity index (χ4n) is 0.742. The zero-order chi connectivity index (χ0) is 10.4. The lowest BCUT2D eigenvalue weighted by Gasteiger charge is -2.04. The number of carbonyl (C=O) groups excluding carboxylic acids is 1. The first-order valence-corrected chi connectivity index (χ1v) is 4.26. The average Bonchev–Trinajstić information content (AvgIpc) is 2.18. The minimum atomic E-state index is -0.636. The van der Waals surface area contributed by atoms with Gasteiger partial charge in [-0.2, -0.15) is 0 Å². The zero-order valence-corrected chi connectivity index (χ0v) is 7.99. The molecule has 1 aromatic heterocycles. The molecule has 0 aliphatic rings. The van der Waals surface area contributed by atoms with E-state index in [2.05, 4.69) is 15.0 Å². The monoisotopic (exact) mass is 216 g/mol. The number of aliphatic hydroxyl groups is 1. The van der Waals surface area contributed by atoms with E-state index in [9.17, 15) is 4.79 Å². The fourth-order valence-corrected chi connectivity index (χ4v) is 0.854. The number of ether oxygens (including phenoxy) is 1. The van der Waals surface area contributed by atoms with Gasteiger partial charge in [0.1, 0.15) is 11.8 Å². The van der Waals surface area contributed by atoms with Gasteiger partial charge in [-0.3, -0.25) is 5.32 Å². The zero-order valence-electron chi connectivity index (χ0n) is 7.24. The SMILES string of the molecule is O=C(Nc1ccc(Cl)nc1)OCCO. The van der Waals surface area contributed by atoms with Crippen LogP contribution >= 0.6 is 11.6 Å². The van der Waals surface area contributed by atoms with E-state index < -0.39 is 6.09 Å². The Hall–Kier alpha value is -1.33. The lowest BCUT2D eigenvalue weighted by atomic mass is 10.4. The number of hydrogen-bond donors (Lipinski definition) is 2. The van der Waals surface area contributed by atoms with Crippen LogP contribution in [0.25, 0.3) is 0 Å². The number of hydrogen-bond acceptors (Lipinski definition) is 4. The van der Waals surface area contributed by atoms with Crippen molar-refractivity contribution in [2.24, 2.45) is 0 Å². The van der Waals surface area contributed by atoms with Crippen LogP contribution in [0.5, 0.6) is 0 Å². The smallest absolute Gasteiger partial charge is 0.411 e. The normalized spacial score (nSPS) is 9.57. The number of rotatable bonds is 3. The quantitative estimate of drug-likeness (QED) is 0.747. The van der Waals surface area contributed by atoms with Crippen molar-refractivity contribution in [3.63, 3.8) is 0 Å². The molecule has 0 saturated heterocycles. The van der Waals surface area contributed by atoms with Crippen LogP contribution in [0.15, 0.2) is 18.3 Å². The molecule has 6 heteroatoms. The number of amides is 1. The third-order valence-corrected chi connectivity index (χ3v) is 1.52. The minimum absolute atomic E-state index is 0.0349. The van der Waals surface area contributed by atoms with Crippen molar-refractivity contribution < 1.29 is 14.6 Å². The highest BCUT2D eigenvalue weighted by atomic mass is 35.5. The summed E-state index contributed by atoms with van der Waals surface area (Å²) in [6.07, 6.45) is 0.769. The highest BCUT2D eigenvalue weighted by Gasteiger charge is 2.02. The number of anilines is 1. The molecule has 0 aliphatic carbocycles. The maximum Gasteiger partial charge on any atom is 0.411 e. The highest BCUT2D eigenvalue weighted by molar-refractivity contribution is 6.29. The Kier molecular flexibility index (Phi) is 4.15. The Balaban J connectivity index is 2.44. The van der Waals surface area contributed by atoms with E-state index in [1.165, 1.54) is 6.20 Å². The molecule has 1 amide bonds. The van der Waals surface area contributed by atoms with Gasteiger partial charge in [0.25, 0.3) is 0 Å². The number of nitrogens with one attached hydrogen (secondary N) is 1. The Morgan fingerprint density at radius 2 is 2.43 bits per heavy atom. The number of pyridine rings is 1. The number of halogens is 1. The van der Waals surface area contributed by atoms with E-state index in [4.69, 9.17) is 16.7 Å². The first-order chi connectivity index (χ1) is 6.72. The van der Waals surface area contributed by atoms with Crippen LogP contribution in [-0.4, -0.2) is 29.4 Å². The summed E-state index contributed by atoms with van der Waals surface area (Å²) in [6, 6.07) is 3.14. The number of carbonyl (C=O) groups is 1. The van der Waals surface area contributed by atoms with Gasteiger partial charge in [-0.25, -0.2) is 9.78 Å². The van der Waals surface area contributed by atoms with E-state index in [1.54, 1.807) is 12.1 Å². The van der Waals surface area contributed by atoms with E-state index in [1.807, 2.05) is 0 Å². The van der Waals surface area contributed by atoms with Gasteiger partial charge in [-0.05, 0) is 12.1 Å². The molecule has 0 aliphatic heterocycles. The van der Waals surface area contributed by atoms with Gasteiger partial charge in [-0.15, -0.1) is 0 Å². The molecule has 0 saturated carbocycles. The first-order valence-electron chi connectivity index (χ1n) is 3.88. The Bertz CT molecular complexity index is 302. The van der Waals surface area contributed by atoms with Crippen LogP contribution in [0.2, 0.25) is 5.15 Å². The van der Waals surface area contributed by atoms with Crippen molar-refractivity contribution in [2.45, 2.75) is 0 Å². The molecule has 2 N–H and O–H groups in total. The van der Waals surface area contributed by atoms with E-state index in [0.29, 0.717) is 10.8 Å². The van der Waals surface area contributed by atoms with E-state index in [0.717, 1.165) is 0 Å².